The Morgan fingerprint density at radius 2 is 1.89 bits per heavy atom. The highest BCUT2D eigenvalue weighted by atomic mass is 16.5. The number of carbonyl (C=O) groups is 1. The van der Waals surface area contributed by atoms with E-state index in [0.717, 1.165) is 44.1 Å². The van der Waals surface area contributed by atoms with Gasteiger partial charge in [0.1, 0.15) is 5.75 Å². The Hall–Kier alpha value is -2.33. The topological polar surface area (TPSA) is 41.6 Å². The molecule has 28 heavy (non-hydrogen) atoms. The SMILES string of the molecule is COc1cccc(CN2C[C@H](C(=O)NCC3CC3)CC[C@H]2c2ccccc2)c1. The highest BCUT2D eigenvalue weighted by Crippen LogP contribution is 2.35. The smallest absolute Gasteiger partial charge is 0.224 e. The van der Waals surface area contributed by atoms with E-state index in [0.29, 0.717) is 6.04 Å². The molecule has 2 atom stereocenters. The summed E-state index contributed by atoms with van der Waals surface area (Å²) >= 11 is 0. The number of ether oxygens (including phenoxy) is 1. The maximum Gasteiger partial charge on any atom is 0.224 e. The highest BCUT2D eigenvalue weighted by Gasteiger charge is 2.33. The van der Waals surface area contributed by atoms with Crippen molar-refractivity contribution in [3.63, 3.8) is 0 Å². The van der Waals surface area contributed by atoms with Crippen molar-refractivity contribution in [3.05, 3.63) is 65.7 Å². The van der Waals surface area contributed by atoms with Gasteiger partial charge in [-0.25, -0.2) is 0 Å². The Morgan fingerprint density at radius 1 is 1.07 bits per heavy atom. The molecule has 0 aromatic heterocycles. The predicted octanol–water partition coefficient (Wildman–Crippen LogP) is 4.17. The molecule has 2 aromatic carbocycles. The summed E-state index contributed by atoms with van der Waals surface area (Å²) in [7, 11) is 1.70. The molecular weight excluding hydrogens is 348 g/mol. The first-order chi connectivity index (χ1) is 13.7. The Morgan fingerprint density at radius 3 is 2.64 bits per heavy atom. The fraction of sp³-hybridized carbons (Fsp3) is 0.458. The maximum atomic E-state index is 12.7. The molecule has 1 saturated carbocycles. The number of likely N-dealkylation sites (tertiary alicyclic amines) is 1. The first kappa shape index (κ1) is 19.0. The van der Waals surface area contributed by atoms with Crippen LogP contribution in [0.1, 0.15) is 42.9 Å². The number of piperidine rings is 1. The van der Waals surface area contributed by atoms with Gasteiger partial charge in [-0.05, 0) is 54.9 Å². The second-order valence-electron chi connectivity index (χ2n) is 8.17. The van der Waals surface area contributed by atoms with Gasteiger partial charge < -0.3 is 10.1 Å². The van der Waals surface area contributed by atoms with Crippen LogP contribution >= 0.6 is 0 Å². The molecule has 148 valence electrons. The van der Waals surface area contributed by atoms with Crippen LogP contribution in [-0.4, -0.2) is 31.0 Å². The van der Waals surface area contributed by atoms with Crippen LogP contribution in [0.25, 0.3) is 0 Å². The van der Waals surface area contributed by atoms with Crippen LogP contribution < -0.4 is 10.1 Å². The normalized spacial score (nSPS) is 22.6. The minimum absolute atomic E-state index is 0.0734. The third-order valence-corrected chi connectivity index (χ3v) is 6.02. The Balaban J connectivity index is 1.49. The summed E-state index contributed by atoms with van der Waals surface area (Å²) in [6.45, 7) is 2.48. The average Bonchev–Trinajstić information content (AvgIpc) is 3.57. The lowest BCUT2D eigenvalue weighted by Crippen LogP contribution is -2.44. The number of hydrogen-bond acceptors (Lipinski definition) is 3. The van der Waals surface area contributed by atoms with E-state index in [4.69, 9.17) is 4.74 Å². The molecule has 0 bridgehead atoms. The van der Waals surface area contributed by atoms with Gasteiger partial charge in [0, 0.05) is 25.7 Å². The molecule has 1 aliphatic heterocycles. The second-order valence-corrected chi connectivity index (χ2v) is 8.17. The van der Waals surface area contributed by atoms with Crippen LogP contribution in [0.3, 0.4) is 0 Å². The Labute approximate surface area is 167 Å². The second kappa shape index (κ2) is 8.78. The molecule has 1 saturated heterocycles. The van der Waals surface area contributed by atoms with Crippen molar-refractivity contribution in [3.8, 4) is 5.75 Å². The lowest BCUT2D eigenvalue weighted by Gasteiger charge is -2.39. The summed E-state index contributed by atoms with van der Waals surface area (Å²) in [4.78, 5) is 15.2. The predicted molar refractivity (Wildman–Crippen MR) is 111 cm³/mol. The summed E-state index contributed by atoms with van der Waals surface area (Å²) in [5.41, 5.74) is 2.56. The van der Waals surface area contributed by atoms with E-state index in [1.807, 2.05) is 12.1 Å². The third-order valence-electron chi connectivity index (χ3n) is 6.02. The molecule has 4 rings (SSSR count). The summed E-state index contributed by atoms with van der Waals surface area (Å²) in [6, 6.07) is 19.3. The number of nitrogens with zero attached hydrogens (tertiary/aromatic N) is 1. The monoisotopic (exact) mass is 378 g/mol. The van der Waals surface area contributed by atoms with Crippen LogP contribution in [-0.2, 0) is 11.3 Å². The van der Waals surface area contributed by atoms with E-state index in [2.05, 4.69) is 52.7 Å². The molecule has 4 heteroatoms. The van der Waals surface area contributed by atoms with E-state index < -0.39 is 0 Å². The van der Waals surface area contributed by atoms with Gasteiger partial charge >= 0.3 is 0 Å². The molecule has 1 heterocycles. The van der Waals surface area contributed by atoms with E-state index in [1.165, 1.54) is 24.0 Å². The van der Waals surface area contributed by atoms with Crippen molar-refractivity contribution >= 4 is 5.91 Å². The van der Waals surface area contributed by atoms with Crippen LogP contribution in [0.15, 0.2) is 54.6 Å². The van der Waals surface area contributed by atoms with Gasteiger partial charge in [0.15, 0.2) is 0 Å². The van der Waals surface area contributed by atoms with Gasteiger partial charge in [0.05, 0.1) is 13.0 Å². The number of methoxy groups -OCH3 is 1. The molecule has 0 radical (unpaired) electrons. The highest BCUT2D eigenvalue weighted by molar-refractivity contribution is 5.79. The number of rotatable bonds is 7. The van der Waals surface area contributed by atoms with Crippen molar-refractivity contribution in [1.29, 1.82) is 0 Å². The Bertz CT molecular complexity index is 788. The Kier molecular flexibility index (Phi) is 5.96. The number of amides is 1. The first-order valence-electron chi connectivity index (χ1n) is 10.4. The third kappa shape index (κ3) is 4.74. The van der Waals surface area contributed by atoms with Crippen molar-refractivity contribution in [1.82, 2.24) is 10.2 Å². The molecule has 1 N–H and O–H groups in total. The largest absolute Gasteiger partial charge is 0.497 e. The fourth-order valence-corrected chi connectivity index (χ4v) is 4.20. The molecule has 2 aromatic rings. The van der Waals surface area contributed by atoms with Crippen molar-refractivity contribution in [2.45, 2.75) is 38.3 Å². The number of benzene rings is 2. The average molecular weight is 379 g/mol. The lowest BCUT2D eigenvalue weighted by atomic mass is 9.88. The molecule has 1 aliphatic carbocycles. The van der Waals surface area contributed by atoms with Gasteiger partial charge in [0.2, 0.25) is 5.91 Å². The van der Waals surface area contributed by atoms with Gasteiger partial charge in [-0.3, -0.25) is 9.69 Å². The van der Waals surface area contributed by atoms with Crippen molar-refractivity contribution < 1.29 is 9.53 Å². The van der Waals surface area contributed by atoms with E-state index >= 15 is 0 Å². The van der Waals surface area contributed by atoms with Crippen LogP contribution in [0.4, 0.5) is 0 Å². The first-order valence-corrected chi connectivity index (χ1v) is 10.4. The van der Waals surface area contributed by atoms with Crippen molar-refractivity contribution in [2.24, 2.45) is 11.8 Å². The maximum absolute atomic E-state index is 12.7. The summed E-state index contributed by atoms with van der Waals surface area (Å²) in [6.07, 6.45) is 4.49. The number of hydrogen-bond donors (Lipinski definition) is 1. The van der Waals surface area contributed by atoms with E-state index in [-0.39, 0.29) is 11.8 Å². The minimum atomic E-state index is 0.0734. The van der Waals surface area contributed by atoms with Gasteiger partial charge in [-0.15, -0.1) is 0 Å². The van der Waals surface area contributed by atoms with Crippen LogP contribution in [0, 0.1) is 11.8 Å². The van der Waals surface area contributed by atoms with E-state index in [1.54, 1.807) is 7.11 Å². The van der Waals surface area contributed by atoms with Crippen LogP contribution in [0.5, 0.6) is 5.75 Å². The minimum Gasteiger partial charge on any atom is -0.497 e. The van der Waals surface area contributed by atoms with E-state index in [9.17, 15) is 4.79 Å². The molecule has 4 nitrogen and oxygen atoms in total. The van der Waals surface area contributed by atoms with Crippen LogP contribution in [0.2, 0.25) is 0 Å². The zero-order chi connectivity index (χ0) is 19.3. The lowest BCUT2D eigenvalue weighted by molar-refractivity contribution is -0.127. The number of nitrogens with one attached hydrogen (secondary N) is 1. The standard InChI is InChI=1S/C24H30N2O2/c1-28-22-9-5-6-19(14-22)16-26-17-21(24(27)25-15-18-10-11-18)12-13-23(26)20-7-3-2-4-8-20/h2-9,14,18,21,23H,10-13,15-17H2,1H3,(H,25,27)/t21-,23+/m1/s1. The molecule has 0 spiro atoms. The zero-order valence-electron chi connectivity index (χ0n) is 16.6. The van der Waals surface area contributed by atoms with Crippen molar-refractivity contribution in [2.75, 3.05) is 20.2 Å². The summed E-state index contributed by atoms with van der Waals surface area (Å²) in [5.74, 6) is 1.90. The summed E-state index contributed by atoms with van der Waals surface area (Å²) in [5, 5.41) is 3.19. The zero-order valence-corrected chi connectivity index (χ0v) is 16.6. The molecule has 0 unspecified atom stereocenters. The fourth-order valence-electron chi connectivity index (χ4n) is 4.20. The molecule has 1 amide bonds. The number of carbonyl (C=O) groups excluding carboxylic acids is 1. The molecular formula is C24H30N2O2. The van der Waals surface area contributed by atoms with Gasteiger partial charge in [-0.1, -0.05) is 42.5 Å². The quantitative estimate of drug-likeness (QED) is 0.786. The van der Waals surface area contributed by atoms with Gasteiger partial charge in [-0.2, -0.15) is 0 Å². The summed E-state index contributed by atoms with van der Waals surface area (Å²) < 4.78 is 5.39. The van der Waals surface area contributed by atoms with Gasteiger partial charge in [0.25, 0.3) is 0 Å². The molecule has 2 fully saturated rings. The molecule has 2 aliphatic rings.